The van der Waals surface area contributed by atoms with Crippen molar-refractivity contribution < 1.29 is 27.5 Å². The maximum atomic E-state index is 13.4. The van der Waals surface area contributed by atoms with Gasteiger partial charge in [0, 0.05) is 5.56 Å². The molecule has 0 aliphatic rings. The first-order chi connectivity index (χ1) is 9.20. The highest BCUT2D eigenvalue weighted by Crippen LogP contribution is 2.31. The molecule has 0 aliphatic heterocycles. The summed E-state index contributed by atoms with van der Waals surface area (Å²) in [4.78, 5) is 15.8. The molecule has 0 atom stereocenters. The molecule has 0 spiro atoms. The van der Waals surface area contributed by atoms with Crippen LogP contribution in [-0.4, -0.2) is 21.0 Å². The summed E-state index contributed by atoms with van der Waals surface area (Å²) in [5.74, 6) is -3.72. The van der Waals surface area contributed by atoms with E-state index in [4.69, 9.17) is 5.11 Å². The van der Waals surface area contributed by atoms with Gasteiger partial charge in [-0.05, 0) is 18.6 Å². The zero-order chi connectivity index (χ0) is 15.1. The average molecular weight is 288 g/mol. The molecule has 20 heavy (non-hydrogen) atoms. The number of hydrogen-bond acceptors (Lipinski definition) is 2. The highest BCUT2D eigenvalue weighted by molar-refractivity contribution is 5.93. The summed E-state index contributed by atoms with van der Waals surface area (Å²) in [6.07, 6.45) is -4.81. The van der Waals surface area contributed by atoms with Crippen LogP contribution in [0.25, 0.3) is 11.3 Å². The monoisotopic (exact) mass is 288 g/mol. The molecule has 0 radical (unpaired) electrons. The number of aromatic nitrogens is 2. The Hall–Kier alpha value is -2.38. The molecule has 1 aromatic heterocycles. The number of nitrogens with one attached hydrogen (secondary N) is 1. The number of rotatable bonds is 2. The Labute approximate surface area is 110 Å². The largest absolute Gasteiger partial charge is 0.476 e. The van der Waals surface area contributed by atoms with E-state index in [0.29, 0.717) is 5.56 Å². The third-order valence-corrected chi connectivity index (χ3v) is 2.64. The summed E-state index contributed by atoms with van der Waals surface area (Å²) in [5.41, 5.74) is -0.918. The fourth-order valence-corrected chi connectivity index (χ4v) is 1.62. The summed E-state index contributed by atoms with van der Waals surface area (Å²) in [6, 6.07) is 3.61. The maximum absolute atomic E-state index is 13.4. The number of halogens is 4. The smallest absolute Gasteiger partial charge is 0.449 e. The van der Waals surface area contributed by atoms with Gasteiger partial charge >= 0.3 is 12.1 Å². The number of benzene rings is 1. The van der Waals surface area contributed by atoms with Crippen LogP contribution in [0.2, 0.25) is 0 Å². The first kappa shape index (κ1) is 14.0. The van der Waals surface area contributed by atoms with Crippen molar-refractivity contribution in [3.63, 3.8) is 0 Å². The van der Waals surface area contributed by atoms with Crippen molar-refractivity contribution in [1.82, 2.24) is 9.97 Å². The van der Waals surface area contributed by atoms with Crippen LogP contribution in [0.5, 0.6) is 0 Å². The summed E-state index contributed by atoms with van der Waals surface area (Å²) in [6.45, 7) is 1.48. The normalized spacial score (nSPS) is 11.7. The molecule has 0 fully saturated rings. The van der Waals surface area contributed by atoms with Crippen LogP contribution >= 0.6 is 0 Å². The minimum atomic E-state index is -4.81. The van der Waals surface area contributed by atoms with Crippen molar-refractivity contribution in [2.75, 3.05) is 0 Å². The minimum Gasteiger partial charge on any atom is -0.476 e. The number of nitrogens with zero attached hydrogens (tertiary/aromatic N) is 1. The van der Waals surface area contributed by atoms with Crippen molar-refractivity contribution in [1.29, 1.82) is 0 Å². The van der Waals surface area contributed by atoms with Crippen molar-refractivity contribution >= 4 is 5.97 Å². The predicted molar refractivity (Wildman–Crippen MR) is 60.7 cm³/mol. The summed E-state index contributed by atoms with van der Waals surface area (Å²) in [5, 5.41) is 8.89. The van der Waals surface area contributed by atoms with Gasteiger partial charge in [0.2, 0.25) is 5.82 Å². The standard InChI is InChI=1S/C12H8F4N2O2/c1-5-2-3-6(4-7(5)13)8-9(10(19)20)18-11(17-8)12(14,15)16/h2-4H,1H3,(H,17,18)(H,19,20). The van der Waals surface area contributed by atoms with E-state index < -0.39 is 29.5 Å². The van der Waals surface area contributed by atoms with Crippen molar-refractivity contribution in [2.24, 2.45) is 0 Å². The third-order valence-electron chi connectivity index (χ3n) is 2.64. The number of aryl methyl sites for hydroxylation is 1. The molecule has 2 rings (SSSR count). The molecule has 4 nitrogen and oxygen atoms in total. The Morgan fingerprint density at radius 2 is 2.00 bits per heavy atom. The van der Waals surface area contributed by atoms with E-state index in [0.717, 1.165) is 6.07 Å². The van der Waals surface area contributed by atoms with E-state index in [9.17, 15) is 22.4 Å². The Balaban J connectivity index is 2.63. The van der Waals surface area contributed by atoms with E-state index in [2.05, 4.69) is 4.98 Å². The molecule has 0 bridgehead atoms. The number of carboxylic acid groups (broad SMARTS) is 1. The van der Waals surface area contributed by atoms with Crippen LogP contribution in [0, 0.1) is 12.7 Å². The number of imidazole rings is 1. The maximum Gasteiger partial charge on any atom is 0.449 e. The molecule has 8 heteroatoms. The quantitative estimate of drug-likeness (QED) is 0.834. The van der Waals surface area contributed by atoms with E-state index in [1.807, 2.05) is 4.98 Å². The molecular weight excluding hydrogens is 280 g/mol. The minimum absolute atomic E-state index is 0.0199. The van der Waals surface area contributed by atoms with E-state index in [1.54, 1.807) is 0 Å². The van der Waals surface area contributed by atoms with Gasteiger partial charge in [0.1, 0.15) is 5.82 Å². The molecular formula is C12H8F4N2O2. The molecule has 106 valence electrons. The van der Waals surface area contributed by atoms with Gasteiger partial charge in [-0.15, -0.1) is 0 Å². The van der Waals surface area contributed by atoms with Gasteiger partial charge < -0.3 is 10.1 Å². The zero-order valence-corrected chi connectivity index (χ0v) is 10.0. The number of aromatic carboxylic acids is 1. The van der Waals surface area contributed by atoms with Gasteiger partial charge in [0.15, 0.2) is 5.69 Å². The molecule has 1 aromatic carbocycles. The summed E-state index contributed by atoms with van der Waals surface area (Å²) in [7, 11) is 0. The van der Waals surface area contributed by atoms with Gasteiger partial charge in [-0.3, -0.25) is 0 Å². The zero-order valence-electron chi connectivity index (χ0n) is 10.0. The molecule has 0 saturated heterocycles. The number of hydrogen-bond donors (Lipinski definition) is 2. The Morgan fingerprint density at radius 1 is 1.35 bits per heavy atom. The molecule has 0 aliphatic carbocycles. The van der Waals surface area contributed by atoms with Crippen LogP contribution in [0.15, 0.2) is 18.2 Å². The topological polar surface area (TPSA) is 66.0 Å². The SMILES string of the molecule is Cc1ccc(-c2[nH]c(C(F)(F)F)nc2C(=O)O)cc1F. The van der Waals surface area contributed by atoms with E-state index >= 15 is 0 Å². The van der Waals surface area contributed by atoms with Crippen LogP contribution in [0.3, 0.4) is 0 Å². The van der Waals surface area contributed by atoms with E-state index in [1.165, 1.54) is 19.1 Å². The Kier molecular flexibility index (Phi) is 3.24. The molecule has 1 heterocycles. The molecule has 0 amide bonds. The second-order valence-corrected chi connectivity index (χ2v) is 4.08. The van der Waals surface area contributed by atoms with Crippen molar-refractivity contribution in [3.05, 3.63) is 41.1 Å². The second-order valence-electron chi connectivity index (χ2n) is 4.08. The highest BCUT2D eigenvalue weighted by Gasteiger charge is 2.37. The fourth-order valence-electron chi connectivity index (χ4n) is 1.62. The van der Waals surface area contributed by atoms with Crippen LogP contribution in [0.4, 0.5) is 17.6 Å². The number of alkyl halides is 3. The Morgan fingerprint density at radius 3 is 2.50 bits per heavy atom. The first-order valence-corrected chi connectivity index (χ1v) is 5.37. The Bertz CT molecular complexity index is 677. The number of aromatic amines is 1. The lowest BCUT2D eigenvalue weighted by Gasteiger charge is -2.03. The molecule has 2 N–H and O–H groups in total. The van der Waals surface area contributed by atoms with Crippen LogP contribution in [0.1, 0.15) is 21.9 Å². The predicted octanol–water partition coefficient (Wildman–Crippen LogP) is 3.24. The summed E-state index contributed by atoms with van der Waals surface area (Å²) >= 11 is 0. The number of carboxylic acids is 1. The fraction of sp³-hybridized carbons (Fsp3) is 0.167. The van der Waals surface area contributed by atoms with Gasteiger partial charge in [-0.1, -0.05) is 12.1 Å². The van der Waals surface area contributed by atoms with Gasteiger partial charge in [0.25, 0.3) is 0 Å². The summed E-state index contributed by atoms with van der Waals surface area (Å²) < 4.78 is 51.1. The molecule has 0 unspecified atom stereocenters. The number of carbonyl (C=O) groups is 1. The third kappa shape index (κ3) is 2.49. The second kappa shape index (κ2) is 4.62. The van der Waals surface area contributed by atoms with Gasteiger partial charge in [-0.2, -0.15) is 13.2 Å². The van der Waals surface area contributed by atoms with Crippen LogP contribution < -0.4 is 0 Å². The highest BCUT2D eigenvalue weighted by atomic mass is 19.4. The number of H-pyrrole nitrogens is 1. The lowest BCUT2D eigenvalue weighted by molar-refractivity contribution is -0.144. The van der Waals surface area contributed by atoms with E-state index in [-0.39, 0.29) is 11.3 Å². The van der Waals surface area contributed by atoms with Gasteiger partial charge in [-0.25, -0.2) is 14.2 Å². The van der Waals surface area contributed by atoms with Crippen LogP contribution in [-0.2, 0) is 6.18 Å². The molecule has 0 saturated carbocycles. The average Bonchev–Trinajstić information content (AvgIpc) is 2.77. The first-order valence-electron chi connectivity index (χ1n) is 5.37. The van der Waals surface area contributed by atoms with Crippen molar-refractivity contribution in [3.8, 4) is 11.3 Å². The van der Waals surface area contributed by atoms with Crippen molar-refractivity contribution in [2.45, 2.75) is 13.1 Å². The van der Waals surface area contributed by atoms with Gasteiger partial charge in [0.05, 0.1) is 5.69 Å². The molecule has 2 aromatic rings. The lowest BCUT2D eigenvalue weighted by atomic mass is 10.1. The lowest BCUT2D eigenvalue weighted by Crippen LogP contribution is -2.08.